The lowest BCUT2D eigenvalue weighted by atomic mass is 10.1. The standard InChI is InChI=1S/C12H16FNO/c13-10-4-5-12-9(7-10)8-11(15-12)3-1-2-6-14/h4-5,7,11H,1-3,6,8,14H2. The van der Waals surface area contributed by atoms with Gasteiger partial charge in [-0.05, 0) is 44.0 Å². The first kappa shape index (κ1) is 10.4. The zero-order valence-electron chi connectivity index (χ0n) is 8.71. The molecule has 1 aliphatic rings. The van der Waals surface area contributed by atoms with Crippen molar-refractivity contribution in [1.29, 1.82) is 0 Å². The largest absolute Gasteiger partial charge is 0.490 e. The minimum Gasteiger partial charge on any atom is -0.490 e. The van der Waals surface area contributed by atoms with Gasteiger partial charge in [-0.25, -0.2) is 4.39 Å². The quantitative estimate of drug-likeness (QED) is 0.772. The fourth-order valence-electron chi connectivity index (χ4n) is 1.97. The third-order valence-corrected chi connectivity index (χ3v) is 2.74. The molecule has 1 aromatic rings. The summed E-state index contributed by atoms with van der Waals surface area (Å²) in [5.74, 6) is 0.661. The SMILES string of the molecule is NCCCCC1Cc2cc(F)ccc2O1. The van der Waals surface area contributed by atoms with Crippen LogP contribution in [-0.2, 0) is 6.42 Å². The topological polar surface area (TPSA) is 35.2 Å². The second-order valence-corrected chi connectivity index (χ2v) is 3.98. The third kappa shape index (κ3) is 2.48. The van der Waals surface area contributed by atoms with Crippen molar-refractivity contribution in [3.05, 3.63) is 29.6 Å². The highest BCUT2D eigenvalue weighted by molar-refractivity contribution is 5.37. The van der Waals surface area contributed by atoms with Crippen LogP contribution in [0.15, 0.2) is 18.2 Å². The van der Waals surface area contributed by atoms with Gasteiger partial charge in [0.15, 0.2) is 0 Å². The molecule has 0 saturated carbocycles. The second kappa shape index (κ2) is 4.62. The number of hydrogen-bond acceptors (Lipinski definition) is 2. The van der Waals surface area contributed by atoms with Gasteiger partial charge in [-0.15, -0.1) is 0 Å². The molecule has 0 amide bonds. The van der Waals surface area contributed by atoms with Gasteiger partial charge in [-0.1, -0.05) is 0 Å². The molecule has 2 N–H and O–H groups in total. The van der Waals surface area contributed by atoms with Crippen LogP contribution in [0.4, 0.5) is 4.39 Å². The number of hydrogen-bond donors (Lipinski definition) is 1. The molecule has 82 valence electrons. The van der Waals surface area contributed by atoms with E-state index in [4.69, 9.17) is 10.5 Å². The Kier molecular flexibility index (Phi) is 3.21. The Hall–Kier alpha value is -1.09. The lowest BCUT2D eigenvalue weighted by Crippen LogP contribution is -2.13. The highest BCUT2D eigenvalue weighted by atomic mass is 19.1. The van der Waals surface area contributed by atoms with Crippen LogP contribution >= 0.6 is 0 Å². The molecule has 0 aliphatic carbocycles. The Bertz CT molecular complexity index is 340. The fraction of sp³-hybridized carbons (Fsp3) is 0.500. The van der Waals surface area contributed by atoms with E-state index < -0.39 is 0 Å². The van der Waals surface area contributed by atoms with Crippen molar-refractivity contribution >= 4 is 0 Å². The Labute approximate surface area is 89.2 Å². The van der Waals surface area contributed by atoms with Gasteiger partial charge in [0.05, 0.1) is 0 Å². The number of halogens is 1. The number of fused-ring (bicyclic) bond motifs is 1. The Morgan fingerprint density at radius 3 is 3.07 bits per heavy atom. The molecule has 3 heteroatoms. The predicted octanol–water partition coefficient (Wildman–Crippen LogP) is 2.26. The van der Waals surface area contributed by atoms with Gasteiger partial charge in [-0.3, -0.25) is 0 Å². The van der Waals surface area contributed by atoms with Crippen molar-refractivity contribution in [2.75, 3.05) is 6.54 Å². The summed E-state index contributed by atoms with van der Waals surface area (Å²) in [5, 5.41) is 0. The van der Waals surface area contributed by atoms with Crippen LogP contribution in [0.2, 0.25) is 0 Å². The molecule has 0 fully saturated rings. The molecular formula is C12H16FNO. The van der Waals surface area contributed by atoms with Crippen LogP contribution in [0.1, 0.15) is 24.8 Å². The van der Waals surface area contributed by atoms with E-state index in [1.54, 1.807) is 12.1 Å². The summed E-state index contributed by atoms with van der Waals surface area (Å²) < 4.78 is 18.6. The van der Waals surface area contributed by atoms with Gasteiger partial charge < -0.3 is 10.5 Å². The van der Waals surface area contributed by atoms with Crippen molar-refractivity contribution in [2.45, 2.75) is 31.8 Å². The maximum atomic E-state index is 12.9. The normalized spacial score (nSPS) is 18.7. The highest BCUT2D eigenvalue weighted by Crippen LogP contribution is 2.30. The van der Waals surface area contributed by atoms with Crippen molar-refractivity contribution in [3.63, 3.8) is 0 Å². The second-order valence-electron chi connectivity index (χ2n) is 3.98. The molecule has 0 bridgehead atoms. The Morgan fingerprint density at radius 2 is 2.27 bits per heavy atom. The van der Waals surface area contributed by atoms with Gasteiger partial charge in [0.25, 0.3) is 0 Å². The molecule has 1 atom stereocenters. The number of unbranched alkanes of at least 4 members (excludes halogenated alkanes) is 1. The summed E-state index contributed by atoms with van der Waals surface area (Å²) in [4.78, 5) is 0. The third-order valence-electron chi connectivity index (χ3n) is 2.74. The molecule has 15 heavy (non-hydrogen) atoms. The first-order chi connectivity index (χ1) is 7.29. The van der Waals surface area contributed by atoms with Crippen molar-refractivity contribution in [1.82, 2.24) is 0 Å². The number of benzene rings is 1. The first-order valence-electron chi connectivity index (χ1n) is 5.45. The predicted molar refractivity (Wildman–Crippen MR) is 57.4 cm³/mol. The van der Waals surface area contributed by atoms with Crippen molar-refractivity contribution < 1.29 is 9.13 Å². The number of ether oxygens (including phenoxy) is 1. The summed E-state index contributed by atoms with van der Waals surface area (Å²) >= 11 is 0. The minimum atomic E-state index is -0.181. The molecule has 1 aromatic carbocycles. The van der Waals surface area contributed by atoms with Crippen LogP contribution in [0.5, 0.6) is 5.75 Å². The molecule has 2 rings (SSSR count). The van der Waals surface area contributed by atoms with Gasteiger partial charge in [0, 0.05) is 12.0 Å². The number of nitrogens with two attached hydrogens (primary N) is 1. The summed E-state index contributed by atoms with van der Waals surface area (Å²) in [5.41, 5.74) is 6.42. The van der Waals surface area contributed by atoms with Crippen LogP contribution in [0, 0.1) is 5.82 Å². The van der Waals surface area contributed by atoms with Gasteiger partial charge in [0.1, 0.15) is 17.7 Å². The van der Waals surface area contributed by atoms with E-state index in [0.717, 1.165) is 43.5 Å². The average molecular weight is 209 g/mol. The van der Waals surface area contributed by atoms with E-state index in [0.29, 0.717) is 0 Å². The lowest BCUT2D eigenvalue weighted by Gasteiger charge is -2.09. The summed E-state index contributed by atoms with van der Waals surface area (Å²) in [6, 6.07) is 4.73. The zero-order valence-corrected chi connectivity index (χ0v) is 8.71. The highest BCUT2D eigenvalue weighted by Gasteiger charge is 2.22. The Morgan fingerprint density at radius 1 is 1.40 bits per heavy atom. The lowest BCUT2D eigenvalue weighted by molar-refractivity contribution is 0.217. The first-order valence-corrected chi connectivity index (χ1v) is 5.45. The maximum absolute atomic E-state index is 12.9. The van der Waals surface area contributed by atoms with E-state index >= 15 is 0 Å². The molecular weight excluding hydrogens is 193 g/mol. The van der Waals surface area contributed by atoms with E-state index in [-0.39, 0.29) is 11.9 Å². The molecule has 0 aromatic heterocycles. The molecule has 2 nitrogen and oxygen atoms in total. The minimum absolute atomic E-state index is 0.181. The van der Waals surface area contributed by atoms with E-state index in [1.807, 2.05) is 0 Å². The molecule has 1 aliphatic heterocycles. The number of rotatable bonds is 4. The van der Waals surface area contributed by atoms with E-state index in [2.05, 4.69) is 0 Å². The van der Waals surface area contributed by atoms with Crippen LogP contribution < -0.4 is 10.5 Å². The molecule has 1 unspecified atom stereocenters. The van der Waals surface area contributed by atoms with Crippen molar-refractivity contribution in [2.24, 2.45) is 5.73 Å². The van der Waals surface area contributed by atoms with Crippen LogP contribution in [0.3, 0.4) is 0 Å². The molecule has 1 heterocycles. The Balaban J connectivity index is 1.91. The van der Waals surface area contributed by atoms with Crippen LogP contribution in [0.25, 0.3) is 0 Å². The van der Waals surface area contributed by atoms with Gasteiger partial charge in [-0.2, -0.15) is 0 Å². The van der Waals surface area contributed by atoms with Gasteiger partial charge in [0.2, 0.25) is 0 Å². The molecule has 0 saturated heterocycles. The summed E-state index contributed by atoms with van der Waals surface area (Å²) in [6.07, 6.45) is 4.17. The average Bonchev–Trinajstić information content (AvgIpc) is 2.60. The van der Waals surface area contributed by atoms with Gasteiger partial charge >= 0.3 is 0 Å². The smallest absolute Gasteiger partial charge is 0.123 e. The van der Waals surface area contributed by atoms with Crippen LogP contribution in [-0.4, -0.2) is 12.6 Å². The molecule has 0 radical (unpaired) electrons. The summed E-state index contributed by atoms with van der Waals surface area (Å²) in [7, 11) is 0. The van der Waals surface area contributed by atoms with E-state index in [1.165, 1.54) is 6.07 Å². The monoisotopic (exact) mass is 209 g/mol. The molecule has 0 spiro atoms. The fourth-order valence-corrected chi connectivity index (χ4v) is 1.97. The zero-order chi connectivity index (χ0) is 10.7. The van der Waals surface area contributed by atoms with E-state index in [9.17, 15) is 4.39 Å². The summed E-state index contributed by atoms with van der Waals surface area (Å²) in [6.45, 7) is 0.730. The maximum Gasteiger partial charge on any atom is 0.123 e. The van der Waals surface area contributed by atoms with Crippen molar-refractivity contribution in [3.8, 4) is 5.75 Å².